The molecule has 0 heterocycles. The number of amides is 3. The molecule has 7 heteroatoms. The van der Waals surface area contributed by atoms with E-state index in [9.17, 15) is 14.4 Å². The van der Waals surface area contributed by atoms with Crippen molar-refractivity contribution in [1.29, 1.82) is 0 Å². The van der Waals surface area contributed by atoms with Gasteiger partial charge in [0.15, 0.2) is 0 Å². The zero-order valence-corrected chi connectivity index (χ0v) is 19.7. The van der Waals surface area contributed by atoms with Crippen LogP contribution in [-0.4, -0.2) is 30.8 Å². The summed E-state index contributed by atoms with van der Waals surface area (Å²) in [5.41, 5.74) is 3.32. The molecule has 0 radical (unpaired) electrons. The van der Waals surface area contributed by atoms with E-state index in [-0.39, 0.29) is 30.2 Å². The summed E-state index contributed by atoms with van der Waals surface area (Å²) in [4.78, 5) is 38.9. The predicted molar refractivity (Wildman–Crippen MR) is 137 cm³/mol. The van der Waals surface area contributed by atoms with Gasteiger partial charge < -0.3 is 20.9 Å². The first-order valence-corrected chi connectivity index (χ1v) is 11.3. The highest BCUT2D eigenvalue weighted by Crippen LogP contribution is 2.19. The third-order valence-corrected chi connectivity index (χ3v) is 5.15. The molecule has 0 aliphatic carbocycles. The van der Waals surface area contributed by atoms with E-state index in [4.69, 9.17) is 0 Å². The van der Waals surface area contributed by atoms with Crippen LogP contribution >= 0.6 is 0 Å². The predicted octanol–water partition coefficient (Wildman–Crippen LogP) is 5.00. The number of benzene rings is 3. The number of nitrogens with one attached hydrogen (secondary N) is 3. The van der Waals surface area contributed by atoms with E-state index < -0.39 is 0 Å². The second kappa shape index (κ2) is 11.7. The van der Waals surface area contributed by atoms with Crippen LogP contribution in [-0.2, 0) is 9.59 Å². The molecule has 3 aromatic carbocycles. The summed E-state index contributed by atoms with van der Waals surface area (Å²) in [7, 11) is 0. The van der Waals surface area contributed by atoms with Gasteiger partial charge in [-0.15, -0.1) is 0 Å². The summed E-state index contributed by atoms with van der Waals surface area (Å²) >= 11 is 0. The van der Waals surface area contributed by atoms with E-state index in [1.54, 1.807) is 53.4 Å². The van der Waals surface area contributed by atoms with Gasteiger partial charge in [0.1, 0.15) is 0 Å². The van der Waals surface area contributed by atoms with E-state index in [1.807, 2.05) is 51.1 Å². The van der Waals surface area contributed by atoms with Crippen LogP contribution in [0.4, 0.5) is 22.7 Å². The zero-order chi connectivity index (χ0) is 24.5. The average Bonchev–Trinajstić information content (AvgIpc) is 2.84. The summed E-state index contributed by atoms with van der Waals surface area (Å²) < 4.78 is 0. The van der Waals surface area contributed by atoms with E-state index in [0.29, 0.717) is 23.5 Å². The van der Waals surface area contributed by atoms with Crippen LogP contribution < -0.4 is 20.9 Å². The van der Waals surface area contributed by atoms with Crippen LogP contribution in [0, 0.1) is 5.92 Å². The van der Waals surface area contributed by atoms with Gasteiger partial charge in [-0.3, -0.25) is 14.4 Å². The first-order chi connectivity index (χ1) is 16.4. The van der Waals surface area contributed by atoms with Gasteiger partial charge in [-0.25, -0.2) is 0 Å². The van der Waals surface area contributed by atoms with Gasteiger partial charge >= 0.3 is 0 Å². The molecule has 3 aromatic rings. The molecule has 34 heavy (non-hydrogen) atoms. The minimum Gasteiger partial charge on any atom is -0.376 e. The maximum Gasteiger partial charge on any atom is 0.258 e. The zero-order valence-electron chi connectivity index (χ0n) is 19.7. The van der Waals surface area contributed by atoms with Crippen molar-refractivity contribution < 1.29 is 14.4 Å². The second-order valence-electron chi connectivity index (χ2n) is 8.09. The Morgan fingerprint density at radius 1 is 0.794 bits per heavy atom. The topological polar surface area (TPSA) is 90.5 Å². The van der Waals surface area contributed by atoms with Gasteiger partial charge in [0.25, 0.3) is 5.91 Å². The fraction of sp³-hybridized carbons (Fsp3) is 0.222. The molecule has 0 saturated carbocycles. The molecule has 0 aliphatic rings. The monoisotopic (exact) mass is 458 g/mol. The Kier molecular flexibility index (Phi) is 8.40. The van der Waals surface area contributed by atoms with Crippen LogP contribution in [0.3, 0.4) is 0 Å². The van der Waals surface area contributed by atoms with Crippen LogP contribution in [0.25, 0.3) is 0 Å². The Morgan fingerprint density at radius 2 is 1.47 bits per heavy atom. The standard InChI is InChI=1S/C27H30N4O3/c1-4-31(24-11-6-5-7-12-24)27(34)20-9-8-10-23(17-20)29-25(32)18-28-21-13-15-22(16-14-21)30-26(33)19(2)3/h5-17,19,28H,4,18H2,1-3H3,(H,29,32)(H,30,33). The number of hydrogen-bond acceptors (Lipinski definition) is 4. The summed E-state index contributed by atoms with van der Waals surface area (Å²) in [6, 6.07) is 23.5. The fourth-order valence-corrected chi connectivity index (χ4v) is 3.28. The number of carbonyl (C=O) groups excluding carboxylic acids is 3. The number of hydrogen-bond donors (Lipinski definition) is 3. The molecule has 3 amide bonds. The summed E-state index contributed by atoms with van der Waals surface area (Å²) in [6.07, 6.45) is 0. The largest absolute Gasteiger partial charge is 0.376 e. The van der Waals surface area contributed by atoms with Gasteiger partial charge in [-0.05, 0) is 61.5 Å². The van der Waals surface area contributed by atoms with Crippen molar-refractivity contribution in [2.24, 2.45) is 5.92 Å². The minimum atomic E-state index is -0.239. The van der Waals surface area contributed by atoms with Gasteiger partial charge in [0, 0.05) is 40.8 Å². The molecule has 0 bridgehead atoms. The lowest BCUT2D eigenvalue weighted by molar-refractivity contribution is -0.119. The molecule has 3 rings (SSSR count). The van der Waals surface area contributed by atoms with Gasteiger partial charge in [-0.1, -0.05) is 38.1 Å². The van der Waals surface area contributed by atoms with E-state index in [1.165, 1.54) is 0 Å². The van der Waals surface area contributed by atoms with Crippen molar-refractivity contribution in [2.75, 3.05) is 33.9 Å². The third kappa shape index (κ3) is 6.68. The van der Waals surface area contributed by atoms with Crippen LogP contribution in [0.5, 0.6) is 0 Å². The fourth-order valence-electron chi connectivity index (χ4n) is 3.28. The molecule has 0 saturated heterocycles. The van der Waals surface area contributed by atoms with Crippen molar-refractivity contribution in [1.82, 2.24) is 0 Å². The highest BCUT2D eigenvalue weighted by atomic mass is 16.2. The quantitative estimate of drug-likeness (QED) is 0.421. The molecule has 3 N–H and O–H groups in total. The highest BCUT2D eigenvalue weighted by Gasteiger charge is 2.16. The molecule has 0 spiro atoms. The Balaban J connectivity index is 1.57. The van der Waals surface area contributed by atoms with Gasteiger partial charge in [-0.2, -0.15) is 0 Å². The summed E-state index contributed by atoms with van der Waals surface area (Å²) in [5, 5.41) is 8.71. The second-order valence-corrected chi connectivity index (χ2v) is 8.09. The lowest BCUT2D eigenvalue weighted by atomic mass is 10.1. The molecular weight excluding hydrogens is 428 g/mol. The highest BCUT2D eigenvalue weighted by molar-refractivity contribution is 6.07. The molecule has 0 fully saturated rings. The molecule has 176 valence electrons. The number of rotatable bonds is 9. The Bertz CT molecular complexity index is 1130. The number of para-hydroxylation sites is 1. The molecule has 0 aromatic heterocycles. The normalized spacial score (nSPS) is 10.5. The molecule has 0 unspecified atom stereocenters. The number of carbonyl (C=O) groups is 3. The Labute approximate surface area is 200 Å². The van der Waals surface area contributed by atoms with Crippen LogP contribution in [0.2, 0.25) is 0 Å². The minimum absolute atomic E-state index is 0.0494. The molecule has 7 nitrogen and oxygen atoms in total. The van der Waals surface area contributed by atoms with Crippen molar-refractivity contribution in [3.8, 4) is 0 Å². The van der Waals surface area contributed by atoms with Crippen LogP contribution in [0.1, 0.15) is 31.1 Å². The maximum atomic E-state index is 13.0. The van der Waals surface area contributed by atoms with E-state index in [2.05, 4.69) is 16.0 Å². The summed E-state index contributed by atoms with van der Waals surface area (Å²) in [6.45, 7) is 6.17. The van der Waals surface area contributed by atoms with Crippen LogP contribution in [0.15, 0.2) is 78.9 Å². The SMILES string of the molecule is CCN(C(=O)c1cccc(NC(=O)CNc2ccc(NC(=O)C(C)C)cc2)c1)c1ccccc1. The number of anilines is 4. The molecular formula is C27H30N4O3. The van der Waals surface area contributed by atoms with Gasteiger partial charge in [0.2, 0.25) is 11.8 Å². The lowest BCUT2D eigenvalue weighted by Crippen LogP contribution is -2.30. The Morgan fingerprint density at radius 3 is 2.12 bits per heavy atom. The number of nitrogens with zero attached hydrogens (tertiary/aromatic N) is 1. The van der Waals surface area contributed by atoms with Crippen molar-refractivity contribution in [3.05, 3.63) is 84.4 Å². The van der Waals surface area contributed by atoms with Crippen molar-refractivity contribution >= 4 is 40.5 Å². The van der Waals surface area contributed by atoms with Gasteiger partial charge in [0.05, 0.1) is 6.54 Å². The molecule has 0 atom stereocenters. The lowest BCUT2D eigenvalue weighted by Gasteiger charge is -2.21. The first-order valence-electron chi connectivity index (χ1n) is 11.3. The van der Waals surface area contributed by atoms with Crippen molar-refractivity contribution in [3.63, 3.8) is 0 Å². The van der Waals surface area contributed by atoms with E-state index in [0.717, 1.165) is 11.4 Å². The van der Waals surface area contributed by atoms with Crippen molar-refractivity contribution in [2.45, 2.75) is 20.8 Å². The third-order valence-electron chi connectivity index (χ3n) is 5.15. The summed E-state index contributed by atoms with van der Waals surface area (Å²) in [5.74, 6) is -0.518. The molecule has 0 aliphatic heterocycles. The average molecular weight is 459 g/mol. The first kappa shape index (κ1) is 24.5. The smallest absolute Gasteiger partial charge is 0.258 e. The Hall–Kier alpha value is -4.13. The maximum absolute atomic E-state index is 13.0. The van der Waals surface area contributed by atoms with E-state index >= 15 is 0 Å².